The van der Waals surface area contributed by atoms with Crippen LogP contribution in [0.2, 0.25) is 0 Å². The summed E-state index contributed by atoms with van der Waals surface area (Å²) in [6.07, 6.45) is 4.43. The maximum absolute atomic E-state index is 12.2. The van der Waals surface area contributed by atoms with E-state index in [0.717, 1.165) is 31.2 Å². The first-order chi connectivity index (χ1) is 10.2. The van der Waals surface area contributed by atoms with Crippen molar-refractivity contribution in [3.8, 4) is 0 Å². The molecule has 21 heavy (non-hydrogen) atoms. The van der Waals surface area contributed by atoms with E-state index >= 15 is 0 Å². The van der Waals surface area contributed by atoms with E-state index < -0.39 is 12.0 Å². The van der Waals surface area contributed by atoms with Crippen molar-refractivity contribution in [3.05, 3.63) is 35.9 Å². The normalized spacial score (nSPS) is 16.9. The monoisotopic (exact) mass is 289 g/mol. The van der Waals surface area contributed by atoms with Crippen LogP contribution < -0.4 is 10.4 Å². The fourth-order valence-corrected chi connectivity index (χ4v) is 2.56. The van der Waals surface area contributed by atoms with Gasteiger partial charge in [0.25, 0.3) is 0 Å². The van der Waals surface area contributed by atoms with Gasteiger partial charge in [0, 0.05) is 13.1 Å². The number of hydrogen-bond acceptors (Lipinski definition) is 3. The second-order valence-corrected chi connectivity index (χ2v) is 5.41. The van der Waals surface area contributed by atoms with Crippen molar-refractivity contribution in [3.63, 3.8) is 0 Å². The van der Waals surface area contributed by atoms with Crippen molar-refractivity contribution in [1.29, 1.82) is 0 Å². The summed E-state index contributed by atoms with van der Waals surface area (Å²) < 4.78 is 0. The Bertz CT molecular complexity index is 468. The Labute approximate surface area is 125 Å². The molecule has 0 bridgehead atoms. The molecule has 0 radical (unpaired) electrons. The van der Waals surface area contributed by atoms with Crippen molar-refractivity contribution >= 4 is 12.0 Å². The van der Waals surface area contributed by atoms with Crippen molar-refractivity contribution in [2.75, 3.05) is 13.1 Å². The highest BCUT2D eigenvalue weighted by atomic mass is 16.4. The molecule has 0 aromatic heterocycles. The number of rotatable bonds is 4. The largest absolute Gasteiger partial charge is 0.548 e. The van der Waals surface area contributed by atoms with Gasteiger partial charge in [0.2, 0.25) is 0 Å². The van der Waals surface area contributed by atoms with E-state index in [4.69, 9.17) is 0 Å². The Morgan fingerprint density at radius 2 is 1.71 bits per heavy atom. The molecule has 1 N–H and O–H groups in total. The molecule has 1 aliphatic heterocycles. The number of amides is 2. The van der Waals surface area contributed by atoms with Gasteiger partial charge >= 0.3 is 6.03 Å². The molecule has 0 aliphatic carbocycles. The van der Waals surface area contributed by atoms with E-state index in [0.29, 0.717) is 13.1 Å². The van der Waals surface area contributed by atoms with Gasteiger partial charge in [0.05, 0.1) is 12.0 Å². The smallest absolute Gasteiger partial charge is 0.317 e. The molecule has 1 saturated heterocycles. The first-order valence-corrected chi connectivity index (χ1v) is 7.47. The molecule has 0 unspecified atom stereocenters. The van der Waals surface area contributed by atoms with Crippen LogP contribution in [0.5, 0.6) is 0 Å². The number of benzene rings is 1. The van der Waals surface area contributed by atoms with E-state index in [9.17, 15) is 14.7 Å². The molecular formula is C16H21N2O3-. The number of aliphatic carboxylic acids is 1. The standard InChI is InChI=1S/C16H22N2O3/c19-15(20)14(12-13-8-4-3-5-9-13)17-16(21)18-10-6-1-2-7-11-18/h3-5,8-9,14H,1-2,6-7,10-12H2,(H,17,21)(H,19,20)/p-1/t14-/m0/s1. The minimum atomic E-state index is -1.25. The van der Waals surface area contributed by atoms with Crippen molar-refractivity contribution < 1.29 is 14.7 Å². The van der Waals surface area contributed by atoms with Crippen LogP contribution in [0.15, 0.2) is 30.3 Å². The van der Waals surface area contributed by atoms with Crippen LogP contribution in [0.1, 0.15) is 31.2 Å². The molecular weight excluding hydrogens is 268 g/mol. The summed E-state index contributed by atoms with van der Waals surface area (Å²) in [5, 5.41) is 13.8. The average Bonchev–Trinajstić information content (AvgIpc) is 2.76. The van der Waals surface area contributed by atoms with Crippen LogP contribution in [0.3, 0.4) is 0 Å². The van der Waals surface area contributed by atoms with Crippen molar-refractivity contribution in [2.45, 2.75) is 38.1 Å². The van der Waals surface area contributed by atoms with E-state index in [1.54, 1.807) is 4.90 Å². The number of nitrogens with one attached hydrogen (secondary N) is 1. The highest BCUT2D eigenvalue weighted by Crippen LogP contribution is 2.10. The molecule has 1 aromatic carbocycles. The summed E-state index contributed by atoms with van der Waals surface area (Å²) in [6.45, 7) is 1.38. The Kier molecular flexibility index (Phi) is 5.60. The third kappa shape index (κ3) is 4.77. The number of carboxylic acid groups (broad SMARTS) is 1. The van der Waals surface area contributed by atoms with Crippen LogP contribution in [-0.4, -0.2) is 36.0 Å². The molecule has 2 rings (SSSR count). The van der Waals surface area contributed by atoms with Crippen LogP contribution in [0, 0.1) is 0 Å². The van der Waals surface area contributed by atoms with Crippen LogP contribution in [0.4, 0.5) is 4.79 Å². The topological polar surface area (TPSA) is 72.5 Å². The second-order valence-electron chi connectivity index (χ2n) is 5.41. The SMILES string of the molecule is O=C([O-])[C@H](Cc1ccccc1)NC(=O)N1CCCCCC1. The molecule has 2 amide bonds. The van der Waals surface area contributed by atoms with Crippen LogP contribution in [-0.2, 0) is 11.2 Å². The molecule has 0 spiro atoms. The molecule has 1 fully saturated rings. The summed E-state index contributed by atoms with van der Waals surface area (Å²) in [5.74, 6) is -1.25. The Morgan fingerprint density at radius 3 is 2.29 bits per heavy atom. The number of urea groups is 1. The zero-order valence-corrected chi connectivity index (χ0v) is 12.1. The quantitative estimate of drug-likeness (QED) is 0.896. The molecule has 114 valence electrons. The van der Waals surface area contributed by atoms with Gasteiger partial charge in [-0.3, -0.25) is 0 Å². The minimum Gasteiger partial charge on any atom is -0.548 e. The zero-order valence-electron chi connectivity index (χ0n) is 12.1. The summed E-state index contributed by atoms with van der Waals surface area (Å²) in [5.41, 5.74) is 0.864. The second kappa shape index (κ2) is 7.67. The zero-order chi connectivity index (χ0) is 15.1. The lowest BCUT2D eigenvalue weighted by Gasteiger charge is -2.26. The molecule has 5 nitrogen and oxygen atoms in total. The van der Waals surface area contributed by atoms with Gasteiger partial charge in [-0.25, -0.2) is 4.79 Å². The lowest BCUT2D eigenvalue weighted by atomic mass is 10.1. The number of carbonyl (C=O) groups is 2. The summed E-state index contributed by atoms with van der Waals surface area (Å²) >= 11 is 0. The van der Waals surface area contributed by atoms with Gasteiger partial charge in [0.15, 0.2) is 0 Å². The highest BCUT2D eigenvalue weighted by Gasteiger charge is 2.20. The predicted octanol–water partition coefficient (Wildman–Crippen LogP) is 0.933. The molecule has 1 aliphatic rings. The Balaban J connectivity index is 1.95. The van der Waals surface area contributed by atoms with Crippen LogP contribution in [0.25, 0.3) is 0 Å². The van der Waals surface area contributed by atoms with Gasteiger partial charge in [-0.05, 0) is 24.8 Å². The maximum Gasteiger partial charge on any atom is 0.317 e. The fraction of sp³-hybridized carbons (Fsp3) is 0.500. The summed E-state index contributed by atoms with van der Waals surface area (Å²) in [6, 6.07) is 7.94. The van der Waals surface area contributed by atoms with Gasteiger partial charge in [-0.15, -0.1) is 0 Å². The van der Waals surface area contributed by atoms with Gasteiger partial charge in [-0.2, -0.15) is 0 Å². The minimum absolute atomic E-state index is 0.239. The van der Waals surface area contributed by atoms with E-state index in [1.807, 2.05) is 30.3 Å². The number of carbonyl (C=O) groups excluding carboxylic acids is 2. The predicted molar refractivity (Wildman–Crippen MR) is 77.5 cm³/mol. The third-order valence-electron chi connectivity index (χ3n) is 3.76. The molecule has 0 saturated carbocycles. The number of hydrogen-bond donors (Lipinski definition) is 1. The molecule has 1 atom stereocenters. The summed E-state index contributed by atoms with van der Waals surface area (Å²) in [7, 11) is 0. The first-order valence-electron chi connectivity index (χ1n) is 7.47. The van der Waals surface area contributed by atoms with E-state index in [-0.39, 0.29) is 12.5 Å². The van der Waals surface area contributed by atoms with Gasteiger partial charge in [-0.1, -0.05) is 43.2 Å². The van der Waals surface area contributed by atoms with Gasteiger partial charge in [0.1, 0.15) is 0 Å². The van der Waals surface area contributed by atoms with E-state index in [1.165, 1.54) is 0 Å². The Hall–Kier alpha value is -2.04. The highest BCUT2D eigenvalue weighted by molar-refractivity contribution is 5.81. The molecule has 1 heterocycles. The van der Waals surface area contributed by atoms with Crippen molar-refractivity contribution in [1.82, 2.24) is 10.2 Å². The molecule has 1 aromatic rings. The lowest BCUT2D eigenvalue weighted by Crippen LogP contribution is -2.53. The number of likely N-dealkylation sites (tertiary alicyclic amines) is 1. The van der Waals surface area contributed by atoms with Crippen molar-refractivity contribution in [2.24, 2.45) is 0 Å². The number of carboxylic acids is 1. The van der Waals surface area contributed by atoms with E-state index in [2.05, 4.69) is 5.32 Å². The molecule has 5 heteroatoms. The third-order valence-corrected chi connectivity index (χ3v) is 3.76. The van der Waals surface area contributed by atoms with Gasteiger partial charge < -0.3 is 20.1 Å². The lowest BCUT2D eigenvalue weighted by molar-refractivity contribution is -0.308. The summed E-state index contributed by atoms with van der Waals surface area (Å²) in [4.78, 5) is 25.1. The first kappa shape index (κ1) is 15.4. The Morgan fingerprint density at radius 1 is 1.10 bits per heavy atom. The fourth-order valence-electron chi connectivity index (χ4n) is 2.56. The number of nitrogens with zero attached hydrogens (tertiary/aromatic N) is 1. The maximum atomic E-state index is 12.2. The van der Waals surface area contributed by atoms with Crippen LogP contribution >= 0.6 is 0 Å². The average molecular weight is 289 g/mol.